The van der Waals surface area contributed by atoms with E-state index < -0.39 is 43.2 Å². The molecule has 0 spiro atoms. The molecule has 0 aromatic carbocycles. The third-order valence-corrected chi connectivity index (χ3v) is 2.00. The molecule has 0 bridgehead atoms. The molecule has 0 aliphatic rings. The lowest BCUT2D eigenvalue weighted by atomic mass is 9.94. The first kappa shape index (κ1) is 14.1. The summed E-state index contributed by atoms with van der Waals surface area (Å²) in [5.41, 5.74) is 0. The number of carboxylic acids is 1. The summed E-state index contributed by atoms with van der Waals surface area (Å²) < 4.78 is 61.0. The Labute approximate surface area is 83.1 Å². The first-order valence-electron chi connectivity index (χ1n) is 4.27. The Balaban J connectivity index is 4.50. The smallest absolute Gasteiger partial charge is 0.389 e. The van der Waals surface area contributed by atoms with Crippen LogP contribution in [0.3, 0.4) is 0 Å². The van der Waals surface area contributed by atoms with Crippen LogP contribution in [0.15, 0.2) is 0 Å². The van der Waals surface area contributed by atoms with Gasteiger partial charge in [0.2, 0.25) is 0 Å². The summed E-state index contributed by atoms with van der Waals surface area (Å²) in [4.78, 5) is 10.4. The number of halogens is 5. The Morgan fingerprint density at radius 3 is 2.00 bits per heavy atom. The van der Waals surface area contributed by atoms with Gasteiger partial charge < -0.3 is 5.11 Å². The predicted octanol–water partition coefficient (Wildman–Crippen LogP) is 3.08. The predicted molar refractivity (Wildman–Crippen MR) is 41.7 cm³/mol. The molecular weight excluding hydrogens is 223 g/mol. The van der Waals surface area contributed by atoms with Crippen LogP contribution < -0.4 is 0 Å². The number of hydrogen-bond donors (Lipinski definition) is 1. The van der Waals surface area contributed by atoms with E-state index in [-0.39, 0.29) is 0 Å². The van der Waals surface area contributed by atoms with Crippen LogP contribution in [0.1, 0.15) is 26.2 Å². The van der Waals surface area contributed by atoms with Crippen LogP contribution in [0, 0.1) is 5.92 Å². The molecule has 15 heavy (non-hydrogen) atoms. The zero-order valence-electron chi connectivity index (χ0n) is 7.94. The molecule has 1 N–H and O–H groups in total. The molecule has 0 aliphatic carbocycles. The van der Waals surface area contributed by atoms with Gasteiger partial charge in [0, 0.05) is 12.8 Å². The number of aliphatic carboxylic acids is 1. The van der Waals surface area contributed by atoms with Crippen molar-refractivity contribution in [1.82, 2.24) is 0 Å². The molecule has 0 saturated heterocycles. The normalized spacial score (nSPS) is 15.1. The van der Waals surface area contributed by atoms with E-state index in [1.54, 1.807) is 0 Å². The van der Waals surface area contributed by atoms with E-state index in [2.05, 4.69) is 0 Å². The number of carbonyl (C=O) groups is 1. The van der Waals surface area contributed by atoms with Crippen LogP contribution in [0.4, 0.5) is 22.0 Å². The van der Waals surface area contributed by atoms with Crippen molar-refractivity contribution < 1.29 is 31.9 Å². The second kappa shape index (κ2) is 4.76. The third kappa shape index (κ3) is 4.94. The molecule has 90 valence electrons. The average molecular weight is 234 g/mol. The molecule has 1 unspecified atom stereocenters. The van der Waals surface area contributed by atoms with E-state index in [4.69, 9.17) is 5.11 Å². The van der Waals surface area contributed by atoms with Gasteiger partial charge in [-0.25, -0.2) is 8.78 Å². The van der Waals surface area contributed by atoms with Gasteiger partial charge in [0.05, 0.1) is 0 Å². The summed E-state index contributed by atoms with van der Waals surface area (Å²) in [6.07, 6.45) is -8.02. The van der Waals surface area contributed by atoms with Gasteiger partial charge in [-0.1, -0.05) is 6.92 Å². The highest BCUT2D eigenvalue weighted by atomic mass is 19.4. The van der Waals surface area contributed by atoms with Gasteiger partial charge in [-0.2, -0.15) is 13.2 Å². The molecule has 0 heterocycles. The molecule has 0 aromatic heterocycles. The molecule has 0 aliphatic heterocycles. The Bertz CT molecular complexity index is 224. The Hall–Kier alpha value is -0.880. The maximum absolute atomic E-state index is 12.9. The summed E-state index contributed by atoms with van der Waals surface area (Å²) in [5.74, 6) is -7.77. The van der Waals surface area contributed by atoms with E-state index in [9.17, 15) is 26.7 Å². The first-order chi connectivity index (χ1) is 6.60. The van der Waals surface area contributed by atoms with E-state index in [0.717, 1.165) is 6.92 Å². The Morgan fingerprint density at radius 1 is 1.27 bits per heavy atom. The standard InChI is InChI=1S/C8H11F5O2/c1-2-7(9,10)5(6(14)15)3-4-8(11,12)13/h5H,2-4H2,1H3,(H,14,15). The van der Waals surface area contributed by atoms with Crippen molar-refractivity contribution in [2.45, 2.75) is 38.3 Å². The van der Waals surface area contributed by atoms with Gasteiger partial charge in [0.25, 0.3) is 5.92 Å². The lowest BCUT2D eigenvalue weighted by Crippen LogP contribution is -2.34. The lowest BCUT2D eigenvalue weighted by Gasteiger charge is -2.22. The van der Waals surface area contributed by atoms with E-state index in [0.29, 0.717) is 0 Å². The molecule has 7 heteroatoms. The first-order valence-corrected chi connectivity index (χ1v) is 4.27. The summed E-state index contributed by atoms with van der Waals surface area (Å²) in [6.45, 7) is 1.03. The molecule has 0 fully saturated rings. The second-order valence-corrected chi connectivity index (χ2v) is 3.16. The second-order valence-electron chi connectivity index (χ2n) is 3.16. The number of alkyl halides is 5. The topological polar surface area (TPSA) is 37.3 Å². The van der Waals surface area contributed by atoms with Crippen LogP contribution in [0.2, 0.25) is 0 Å². The minimum Gasteiger partial charge on any atom is -0.481 e. The Morgan fingerprint density at radius 2 is 1.73 bits per heavy atom. The fourth-order valence-electron chi connectivity index (χ4n) is 1.07. The molecule has 0 amide bonds. The van der Waals surface area contributed by atoms with Crippen molar-refractivity contribution in [2.24, 2.45) is 5.92 Å². The van der Waals surface area contributed by atoms with Crippen LogP contribution in [0.25, 0.3) is 0 Å². The molecule has 1 atom stereocenters. The van der Waals surface area contributed by atoms with E-state index in [1.165, 1.54) is 0 Å². The largest absolute Gasteiger partial charge is 0.481 e. The maximum atomic E-state index is 12.9. The van der Waals surface area contributed by atoms with E-state index >= 15 is 0 Å². The number of rotatable bonds is 5. The van der Waals surface area contributed by atoms with Crippen molar-refractivity contribution >= 4 is 5.97 Å². The molecule has 0 aromatic rings. The quantitative estimate of drug-likeness (QED) is 0.742. The SMILES string of the molecule is CCC(F)(F)C(CCC(F)(F)F)C(=O)O. The molecule has 0 saturated carbocycles. The number of hydrogen-bond acceptors (Lipinski definition) is 1. The molecule has 2 nitrogen and oxygen atoms in total. The van der Waals surface area contributed by atoms with Gasteiger partial charge in [0.1, 0.15) is 5.92 Å². The van der Waals surface area contributed by atoms with Gasteiger partial charge in [-0.05, 0) is 6.42 Å². The van der Waals surface area contributed by atoms with Crippen molar-refractivity contribution in [3.8, 4) is 0 Å². The van der Waals surface area contributed by atoms with Gasteiger partial charge in [-0.3, -0.25) is 4.79 Å². The molecule has 0 radical (unpaired) electrons. The molecule has 0 rings (SSSR count). The minimum atomic E-state index is -4.61. The lowest BCUT2D eigenvalue weighted by molar-refractivity contribution is -0.167. The van der Waals surface area contributed by atoms with Crippen LogP contribution in [0.5, 0.6) is 0 Å². The van der Waals surface area contributed by atoms with Crippen LogP contribution in [-0.4, -0.2) is 23.2 Å². The zero-order valence-corrected chi connectivity index (χ0v) is 7.94. The monoisotopic (exact) mass is 234 g/mol. The van der Waals surface area contributed by atoms with Gasteiger partial charge in [0.15, 0.2) is 0 Å². The summed E-state index contributed by atoms with van der Waals surface area (Å²) in [5, 5.41) is 8.39. The van der Waals surface area contributed by atoms with Crippen molar-refractivity contribution in [1.29, 1.82) is 0 Å². The Kier molecular flexibility index (Phi) is 4.48. The maximum Gasteiger partial charge on any atom is 0.389 e. The average Bonchev–Trinajstić information content (AvgIpc) is 2.01. The van der Waals surface area contributed by atoms with Crippen LogP contribution >= 0.6 is 0 Å². The summed E-state index contributed by atoms with van der Waals surface area (Å²) >= 11 is 0. The highest BCUT2D eigenvalue weighted by Crippen LogP contribution is 2.34. The minimum absolute atomic E-state index is 0.790. The van der Waals surface area contributed by atoms with Gasteiger partial charge >= 0.3 is 12.1 Å². The fourth-order valence-corrected chi connectivity index (χ4v) is 1.07. The third-order valence-electron chi connectivity index (χ3n) is 2.00. The van der Waals surface area contributed by atoms with Gasteiger partial charge in [-0.15, -0.1) is 0 Å². The highest BCUT2D eigenvalue weighted by Gasteiger charge is 2.44. The fraction of sp³-hybridized carbons (Fsp3) is 0.875. The highest BCUT2D eigenvalue weighted by molar-refractivity contribution is 5.71. The van der Waals surface area contributed by atoms with E-state index in [1.807, 2.05) is 0 Å². The summed E-state index contributed by atoms with van der Waals surface area (Å²) in [6, 6.07) is 0. The molecular formula is C8H11F5O2. The van der Waals surface area contributed by atoms with Crippen molar-refractivity contribution in [2.75, 3.05) is 0 Å². The van der Waals surface area contributed by atoms with Crippen molar-refractivity contribution in [3.63, 3.8) is 0 Å². The zero-order chi connectivity index (χ0) is 12.3. The van der Waals surface area contributed by atoms with Crippen LogP contribution in [-0.2, 0) is 4.79 Å². The number of carboxylic acid groups (broad SMARTS) is 1. The van der Waals surface area contributed by atoms with Crippen molar-refractivity contribution in [3.05, 3.63) is 0 Å². The summed E-state index contributed by atoms with van der Waals surface area (Å²) in [7, 11) is 0.